The number of nitrogens with one attached hydrogen (secondary N) is 1. The number of carbonyl (C=O) groups is 1. The van der Waals surface area contributed by atoms with E-state index in [1.807, 2.05) is 32.0 Å². The van der Waals surface area contributed by atoms with Gasteiger partial charge in [-0.3, -0.25) is 4.79 Å². The SMILES string of the molecule is Cc1cccc(C)c1NC(=O)c1cnc(N2CCc3ccccc3C2)cn1. The van der Waals surface area contributed by atoms with Crippen molar-refractivity contribution in [1.29, 1.82) is 0 Å². The fourth-order valence-electron chi connectivity index (χ4n) is 3.48. The maximum Gasteiger partial charge on any atom is 0.275 e. The van der Waals surface area contributed by atoms with Gasteiger partial charge in [0, 0.05) is 18.8 Å². The fourth-order valence-corrected chi connectivity index (χ4v) is 3.48. The third-order valence-electron chi connectivity index (χ3n) is 5.05. The quantitative estimate of drug-likeness (QED) is 0.771. The lowest BCUT2D eigenvalue weighted by molar-refractivity contribution is 0.102. The molecule has 136 valence electrons. The summed E-state index contributed by atoms with van der Waals surface area (Å²) in [7, 11) is 0. The molecule has 1 aliphatic rings. The number of hydrogen-bond acceptors (Lipinski definition) is 4. The van der Waals surface area contributed by atoms with E-state index >= 15 is 0 Å². The van der Waals surface area contributed by atoms with Crippen LogP contribution in [-0.2, 0) is 13.0 Å². The van der Waals surface area contributed by atoms with Crippen LogP contribution in [0.15, 0.2) is 54.9 Å². The van der Waals surface area contributed by atoms with Gasteiger partial charge in [0.05, 0.1) is 12.4 Å². The van der Waals surface area contributed by atoms with Crippen LogP contribution in [0.5, 0.6) is 0 Å². The molecule has 0 saturated heterocycles. The topological polar surface area (TPSA) is 58.1 Å². The second-order valence-corrected chi connectivity index (χ2v) is 6.92. The molecule has 5 heteroatoms. The Balaban J connectivity index is 1.49. The predicted octanol–water partition coefficient (Wildman–Crippen LogP) is 3.91. The number of amides is 1. The molecule has 0 radical (unpaired) electrons. The zero-order valence-electron chi connectivity index (χ0n) is 15.6. The van der Waals surface area contributed by atoms with Crippen molar-refractivity contribution in [1.82, 2.24) is 9.97 Å². The van der Waals surface area contributed by atoms with Crippen LogP contribution in [0.1, 0.15) is 32.7 Å². The molecule has 0 aliphatic carbocycles. The van der Waals surface area contributed by atoms with Crippen molar-refractivity contribution in [3.8, 4) is 0 Å². The van der Waals surface area contributed by atoms with Gasteiger partial charge in [-0.05, 0) is 42.5 Å². The van der Waals surface area contributed by atoms with E-state index in [9.17, 15) is 4.79 Å². The average molecular weight is 358 g/mol. The highest BCUT2D eigenvalue weighted by molar-refractivity contribution is 6.03. The molecule has 5 nitrogen and oxygen atoms in total. The summed E-state index contributed by atoms with van der Waals surface area (Å²) in [4.78, 5) is 23.6. The summed E-state index contributed by atoms with van der Waals surface area (Å²) >= 11 is 0. The molecular formula is C22H22N4O. The third-order valence-corrected chi connectivity index (χ3v) is 5.05. The van der Waals surface area contributed by atoms with Crippen LogP contribution in [-0.4, -0.2) is 22.4 Å². The van der Waals surface area contributed by atoms with Crippen molar-refractivity contribution >= 4 is 17.4 Å². The maximum absolute atomic E-state index is 12.5. The highest BCUT2D eigenvalue weighted by Crippen LogP contribution is 2.23. The minimum absolute atomic E-state index is 0.240. The molecule has 1 aliphatic heterocycles. The minimum atomic E-state index is -0.240. The lowest BCUT2D eigenvalue weighted by Gasteiger charge is -2.29. The van der Waals surface area contributed by atoms with E-state index in [4.69, 9.17) is 0 Å². The second kappa shape index (κ2) is 7.19. The fraction of sp³-hybridized carbons (Fsp3) is 0.227. The van der Waals surface area contributed by atoms with Gasteiger partial charge >= 0.3 is 0 Å². The summed E-state index contributed by atoms with van der Waals surface area (Å²) in [5, 5.41) is 2.95. The molecule has 27 heavy (non-hydrogen) atoms. The van der Waals surface area contributed by atoms with Crippen molar-refractivity contribution in [2.45, 2.75) is 26.8 Å². The molecule has 0 spiro atoms. The van der Waals surface area contributed by atoms with E-state index in [-0.39, 0.29) is 5.91 Å². The monoisotopic (exact) mass is 358 g/mol. The normalized spacial score (nSPS) is 13.2. The molecule has 4 rings (SSSR count). The van der Waals surface area contributed by atoms with Gasteiger partial charge in [-0.25, -0.2) is 9.97 Å². The van der Waals surface area contributed by atoms with Crippen molar-refractivity contribution in [2.75, 3.05) is 16.8 Å². The van der Waals surface area contributed by atoms with Gasteiger partial charge in [0.1, 0.15) is 11.5 Å². The Kier molecular flexibility index (Phi) is 4.59. The molecular weight excluding hydrogens is 336 g/mol. The smallest absolute Gasteiger partial charge is 0.275 e. The van der Waals surface area contributed by atoms with E-state index in [2.05, 4.69) is 44.5 Å². The Morgan fingerprint density at radius 1 is 0.963 bits per heavy atom. The molecule has 1 N–H and O–H groups in total. The summed E-state index contributed by atoms with van der Waals surface area (Å²) in [6, 6.07) is 14.4. The van der Waals surface area contributed by atoms with E-state index in [1.54, 1.807) is 12.4 Å². The summed E-state index contributed by atoms with van der Waals surface area (Å²) < 4.78 is 0. The van der Waals surface area contributed by atoms with Crippen LogP contribution in [0.2, 0.25) is 0 Å². The predicted molar refractivity (Wildman–Crippen MR) is 107 cm³/mol. The number of fused-ring (bicyclic) bond motifs is 1. The van der Waals surface area contributed by atoms with Crippen LogP contribution in [0.3, 0.4) is 0 Å². The first kappa shape index (κ1) is 17.2. The van der Waals surface area contributed by atoms with E-state index in [0.29, 0.717) is 5.69 Å². The Bertz CT molecular complexity index is 962. The largest absolute Gasteiger partial charge is 0.351 e. The lowest BCUT2D eigenvalue weighted by atomic mass is 10.0. The summed E-state index contributed by atoms with van der Waals surface area (Å²) in [5.74, 6) is 0.559. The molecule has 2 heterocycles. The molecule has 0 atom stereocenters. The maximum atomic E-state index is 12.5. The van der Waals surface area contributed by atoms with Crippen LogP contribution in [0.25, 0.3) is 0 Å². The summed E-state index contributed by atoms with van der Waals surface area (Å²) in [6.45, 7) is 5.68. The number of anilines is 2. The first-order valence-electron chi connectivity index (χ1n) is 9.13. The number of aromatic nitrogens is 2. The minimum Gasteiger partial charge on any atom is -0.351 e. The highest BCUT2D eigenvalue weighted by Gasteiger charge is 2.18. The Morgan fingerprint density at radius 3 is 2.41 bits per heavy atom. The van der Waals surface area contributed by atoms with Gasteiger partial charge in [0.15, 0.2) is 0 Å². The molecule has 0 unspecified atom stereocenters. The molecule has 0 saturated carbocycles. The van der Waals surface area contributed by atoms with Gasteiger partial charge < -0.3 is 10.2 Å². The number of hydrogen-bond donors (Lipinski definition) is 1. The standard InChI is InChI=1S/C22H22N4O/c1-15-6-5-7-16(2)21(15)25-22(27)19-12-24-20(13-23-19)26-11-10-17-8-3-4-9-18(17)14-26/h3-9,12-13H,10-11,14H2,1-2H3,(H,25,27). The van der Waals surface area contributed by atoms with Crippen LogP contribution in [0, 0.1) is 13.8 Å². The number of para-hydroxylation sites is 1. The van der Waals surface area contributed by atoms with Crippen molar-refractivity contribution in [3.63, 3.8) is 0 Å². The molecule has 1 amide bonds. The van der Waals surface area contributed by atoms with E-state index < -0.39 is 0 Å². The highest BCUT2D eigenvalue weighted by atomic mass is 16.1. The van der Waals surface area contributed by atoms with Gasteiger partial charge in [0.2, 0.25) is 0 Å². The molecule has 0 bridgehead atoms. The number of benzene rings is 2. The van der Waals surface area contributed by atoms with Gasteiger partial charge in [-0.2, -0.15) is 0 Å². The van der Waals surface area contributed by atoms with E-state index in [1.165, 1.54) is 11.1 Å². The molecule has 2 aromatic carbocycles. The van der Waals surface area contributed by atoms with Crippen molar-refractivity contribution in [3.05, 3.63) is 82.8 Å². The van der Waals surface area contributed by atoms with Crippen LogP contribution >= 0.6 is 0 Å². The summed E-state index contributed by atoms with van der Waals surface area (Å²) in [6.07, 6.45) is 4.24. The molecule has 1 aromatic heterocycles. The van der Waals surface area contributed by atoms with Crippen LogP contribution in [0.4, 0.5) is 11.5 Å². The Labute approximate surface area is 159 Å². The Hall–Kier alpha value is -3.21. The van der Waals surface area contributed by atoms with Crippen molar-refractivity contribution in [2.24, 2.45) is 0 Å². The first-order chi connectivity index (χ1) is 13.1. The van der Waals surface area contributed by atoms with E-state index in [0.717, 1.165) is 42.1 Å². The number of carbonyl (C=O) groups excluding carboxylic acids is 1. The van der Waals surface area contributed by atoms with Crippen molar-refractivity contribution < 1.29 is 4.79 Å². The average Bonchev–Trinajstić information content (AvgIpc) is 2.70. The Morgan fingerprint density at radius 2 is 1.70 bits per heavy atom. The molecule has 3 aromatic rings. The number of nitrogens with zero attached hydrogens (tertiary/aromatic N) is 3. The lowest BCUT2D eigenvalue weighted by Crippen LogP contribution is -2.31. The second-order valence-electron chi connectivity index (χ2n) is 6.92. The van der Waals surface area contributed by atoms with Gasteiger partial charge in [-0.1, -0.05) is 42.5 Å². The number of rotatable bonds is 3. The zero-order chi connectivity index (χ0) is 18.8. The molecule has 0 fully saturated rings. The zero-order valence-corrected chi connectivity index (χ0v) is 15.6. The van der Waals surface area contributed by atoms with Gasteiger partial charge in [-0.15, -0.1) is 0 Å². The first-order valence-corrected chi connectivity index (χ1v) is 9.13. The third kappa shape index (κ3) is 3.53. The van der Waals surface area contributed by atoms with Crippen LogP contribution < -0.4 is 10.2 Å². The number of aryl methyl sites for hydroxylation is 2. The van der Waals surface area contributed by atoms with Gasteiger partial charge in [0.25, 0.3) is 5.91 Å². The summed E-state index contributed by atoms with van der Waals surface area (Å²) in [5.41, 5.74) is 5.92.